The Labute approximate surface area is 161 Å². The summed E-state index contributed by atoms with van der Waals surface area (Å²) in [5, 5.41) is 3.14. The van der Waals surface area contributed by atoms with E-state index in [1.807, 2.05) is 0 Å². The molecule has 0 aromatic rings. The van der Waals surface area contributed by atoms with Crippen molar-refractivity contribution in [1.82, 2.24) is 5.32 Å². The van der Waals surface area contributed by atoms with Crippen LogP contribution in [0, 0.1) is 0 Å². The van der Waals surface area contributed by atoms with Crippen LogP contribution >= 0.6 is 11.8 Å². The highest BCUT2D eigenvalue weighted by atomic mass is 32.2. The predicted octanol–water partition coefficient (Wildman–Crippen LogP) is 3.46. The summed E-state index contributed by atoms with van der Waals surface area (Å²) in [7, 11) is 0. The van der Waals surface area contributed by atoms with Gasteiger partial charge in [0.25, 0.3) is 0 Å². The minimum absolute atomic E-state index is 0.392. The number of carbonyl (C=O) groups excluding carboxylic acids is 2. The average molecular weight is 390 g/mol. The molecule has 0 radical (unpaired) electrons. The molecule has 1 atom stereocenters. The van der Waals surface area contributed by atoms with Gasteiger partial charge in [0, 0.05) is 12.3 Å². The van der Waals surface area contributed by atoms with Crippen molar-refractivity contribution in [3.8, 4) is 0 Å². The lowest BCUT2D eigenvalue weighted by Crippen LogP contribution is -2.46. The van der Waals surface area contributed by atoms with Crippen molar-refractivity contribution in [1.29, 1.82) is 0 Å². The number of amides is 1. The molecule has 3 N–H and O–H groups in total. The van der Waals surface area contributed by atoms with E-state index in [0.29, 0.717) is 24.6 Å². The van der Waals surface area contributed by atoms with Gasteiger partial charge in [-0.15, -0.1) is 0 Å². The largest absolute Gasteiger partial charge is 0.458 e. The highest BCUT2D eigenvalue weighted by Crippen LogP contribution is 2.13. The van der Waals surface area contributed by atoms with Crippen LogP contribution in [-0.4, -0.2) is 46.8 Å². The zero-order valence-corrected chi connectivity index (χ0v) is 18.0. The third kappa shape index (κ3) is 13.8. The number of nitrogens with two attached hydrogens (primary N) is 1. The number of rotatable bonds is 8. The maximum atomic E-state index is 12.4. The lowest BCUT2D eigenvalue weighted by molar-refractivity contribution is -0.157. The van der Waals surface area contributed by atoms with Gasteiger partial charge in [-0.2, -0.15) is 0 Å². The van der Waals surface area contributed by atoms with Gasteiger partial charge in [0.1, 0.15) is 17.2 Å². The van der Waals surface area contributed by atoms with E-state index in [1.165, 1.54) is 11.8 Å². The normalized spacial score (nSPS) is 13.9. The molecule has 0 spiro atoms. The van der Waals surface area contributed by atoms with Crippen molar-refractivity contribution >= 4 is 29.0 Å². The first-order valence-corrected chi connectivity index (χ1v) is 9.97. The molecule has 0 aliphatic rings. The molecule has 0 saturated heterocycles. The number of nitrogens with zero attached hydrogens (tertiary/aromatic N) is 1. The highest BCUT2D eigenvalue weighted by molar-refractivity contribution is 8.13. The smallest absolute Gasteiger partial charge is 0.408 e. The molecule has 0 fully saturated rings. The Morgan fingerprint density at radius 1 is 1.12 bits per heavy atom. The van der Waals surface area contributed by atoms with E-state index in [-0.39, 0.29) is 0 Å². The number of aliphatic imine (C=N–C) groups is 1. The highest BCUT2D eigenvalue weighted by Gasteiger charge is 2.28. The molecule has 0 bridgehead atoms. The van der Waals surface area contributed by atoms with Gasteiger partial charge >= 0.3 is 12.1 Å². The summed E-state index contributed by atoms with van der Waals surface area (Å²) in [6.07, 6.45) is 1.37. The number of hydrogen-bond donors (Lipinski definition) is 2. The van der Waals surface area contributed by atoms with Crippen LogP contribution in [0.3, 0.4) is 0 Å². The van der Waals surface area contributed by atoms with Gasteiger partial charge in [-0.3, -0.25) is 4.99 Å². The van der Waals surface area contributed by atoms with Gasteiger partial charge in [0.05, 0.1) is 0 Å². The Morgan fingerprint density at radius 3 is 2.19 bits per heavy atom. The van der Waals surface area contributed by atoms with Crippen LogP contribution in [0.1, 0.15) is 67.7 Å². The predicted molar refractivity (Wildman–Crippen MR) is 107 cm³/mol. The fraction of sp³-hybridized carbons (Fsp3) is 0.833. The summed E-state index contributed by atoms with van der Waals surface area (Å²) in [6, 6.07) is -0.788. The molecule has 0 aliphatic heterocycles. The second-order valence-corrected chi connectivity index (χ2v) is 9.06. The number of alkyl carbamates (subject to hydrolysis) is 1. The summed E-state index contributed by atoms with van der Waals surface area (Å²) >= 11 is 1.51. The zero-order chi connectivity index (χ0) is 20.4. The molecular formula is C18H35N3O4S. The lowest BCUT2D eigenvalue weighted by Gasteiger charge is -2.26. The number of thioether (sulfide) groups is 1. The van der Waals surface area contributed by atoms with Crippen LogP contribution in [0.25, 0.3) is 0 Å². The zero-order valence-electron chi connectivity index (χ0n) is 17.2. The first-order valence-electron chi connectivity index (χ1n) is 8.99. The van der Waals surface area contributed by atoms with Gasteiger partial charge in [0.2, 0.25) is 0 Å². The standard InChI is InChI=1S/C18H35N3O4S/c1-8-12-26-15(19)20-11-9-10-13(14(22)24-17(2,3)4)21-16(23)25-18(5,6)7/h13H,8-12H2,1-7H3,(H2,19,20)(H,21,23). The molecule has 26 heavy (non-hydrogen) atoms. The molecule has 0 aromatic heterocycles. The number of esters is 1. The summed E-state index contributed by atoms with van der Waals surface area (Å²) in [4.78, 5) is 28.6. The molecule has 7 nitrogen and oxygen atoms in total. The average Bonchev–Trinajstić information content (AvgIpc) is 2.44. The van der Waals surface area contributed by atoms with E-state index >= 15 is 0 Å². The van der Waals surface area contributed by atoms with Crippen LogP contribution < -0.4 is 11.1 Å². The van der Waals surface area contributed by atoms with Gasteiger partial charge in [0.15, 0.2) is 5.17 Å². The van der Waals surface area contributed by atoms with Gasteiger partial charge in [-0.25, -0.2) is 9.59 Å². The molecule has 0 heterocycles. The monoisotopic (exact) mass is 389 g/mol. The molecule has 1 amide bonds. The van der Waals surface area contributed by atoms with Crippen molar-refractivity contribution in [3.05, 3.63) is 0 Å². The number of carbonyl (C=O) groups is 2. The van der Waals surface area contributed by atoms with E-state index in [2.05, 4.69) is 17.2 Å². The fourth-order valence-corrected chi connectivity index (χ4v) is 2.40. The van der Waals surface area contributed by atoms with Gasteiger partial charge in [-0.05, 0) is 60.8 Å². The van der Waals surface area contributed by atoms with Crippen molar-refractivity contribution in [2.75, 3.05) is 12.3 Å². The Balaban J connectivity index is 4.73. The third-order valence-electron chi connectivity index (χ3n) is 2.75. The second-order valence-electron chi connectivity index (χ2n) is 7.94. The van der Waals surface area contributed by atoms with Crippen molar-refractivity contribution < 1.29 is 19.1 Å². The molecule has 0 rings (SSSR count). The van der Waals surface area contributed by atoms with Crippen molar-refractivity contribution in [3.63, 3.8) is 0 Å². The number of nitrogens with one attached hydrogen (secondary N) is 1. The molecule has 0 aromatic carbocycles. The minimum Gasteiger partial charge on any atom is -0.458 e. The Bertz CT molecular complexity index is 482. The summed E-state index contributed by atoms with van der Waals surface area (Å²) in [5.41, 5.74) is 4.53. The van der Waals surface area contributed by atoms with Gasteiger partial charge in [-0.1, -0.05) is 18.7 Å². The topological polar surface area (TPSA) is 103 Å². The molecule has 152 valence electrons. The van der Waals surface area contributed by atoms with E-state index in [0.717, 1.165) is 12.2 Å². The van der Waals surface area contributed by atoms with E-state index in [1.54, 1.807) is 41.5 Å². The van der Waals surface area contributed by atoms with E-state index in [9.17, 15) is 9.59 Å². The Morgan fingerprint density at radius 2 is 1.69 bits per heavy atom. The van der Waals surface area contributed by atoms with Crippen molar-refractivity contribution in [2.45, 2.75) is 85.0 Å². The maximum absolute atomic E-state index is 12.4. The molecule has 0 saturated carbocycles. The van der Waals surface area contributed by atoms with Gasteiger partial charge < -0.3 is 20.5 Å². The first-order chi connectivity index (χ1) is 11.8. The lowest BCUT2D eigenvalue weighted by atomic mass is 10.1. The quantitative estimate of drug-likeness (QED) is 0.285. The SMILES string of the molecule is CCCSC(N)=NCCCC(NC(=O)OC(C)(C)C)C(=O)OC(C)(C)C. The minimum atomic E-state index is -0.788. The van der Waals surface area contributed by atoms with Crippen LogP contribution in [-0.2, 0) is 14.3 Å². The summed E-state index contributed by atoms with van der Waals surface area (Å²) in [6.45, 7) is 13.2. The van der Waals surface area contributed by atoms with Crippen LogP contribution in [0.15, 0.2) is 4.99 Å². The summed E-state index contributed by atoms with van der Waals surface area (Å²) in [5.74, 6) is 0.441. The molecular weight excluding hydrogens is 354 g/mol. The molecule has 0 aliphatic carbocycles. The number of hydrogen-bond acceptors (Lipinski definition) is 6. The first kappa shape index (κ1) is 24.6. The maximum Gasteiger partial charge on any atom is 0.408 e. The Hall–Kier alpha value is -1.44. The van der Waals surface area contributed by atoms with Crippen LogP contribution in [0.2, 0.25) is 0 Å². The van der Waals surface area contributed by atoms with E-state index < -0.39 is 29.3 Å². The fourth-order valence-electron chi connectivity index (χ4n) is 1.81. The number of ether oxygens (including phenoxy) is 2. The number of amidine groups is 1. The molecule has 8 heteroatoms. The van der Waals surface area contributed by atoms with Crippen LogP contribution in [0.5, 0.6) is 0 Å². The summed E-state index contributed by atoms with van der Waals surface area (Å²) < 4.78 is 10.6. The van der Waals surface area contributed by atoms with Crippen molar-refractivity contribution in [2.24, 2.45) is 10.7 Å². The second kappa shape index (κ2) is 11.3. The third-order valence-corrected chi connectivity index (χ3v) is 3.79. The van der Waals surface area contributed by atoms with E-state index in [4.69, 9.17) is 15.2 Å². The Kier molecular flexibility index (Phi) is 10.7. The molecule has 1 unspecified atom stereocenters. The van der Waals surface area contributed by atoms with Crippen LogP contribution in [0.4, 0.5) is 4.79 Å².